The van der Waals surface area contributed by atoms with E-state index in [1.807, 2.05) is 25.6 Å². The van der Waals surface area contributed by atoms with Crippen LogP contribution in [0.5, 0.6) is 0 Å². The number of unbranched alkanes of at least 4 members (excludes halogenated alkanes) is 1. The first kappa shape index (κ1) is 29.8. The maximum atomic E-state index is 11.9. The molecule has 0 aliphatic carbocycles. The van der Waals surface area contributed by atoms with E-state index in [0.29, 0.717) is 77.5 Å². The number of carbonyl (C=O) groups is 3. The van der Waals surface area contributed by atoms with Gasteiger partial charge in [-0.3, -0.25) is 9.59 Å². The Bertz CT molecular complexity index is 638. The molecule has 0 bridgehead atoms. The average Bonchev–Trinajstić information content (AvgIpc) is 3.38. The summed E-state index contributed by atoms with van der Waals surface area (Å²) in [6.07, 6.45) is 3.81. The van der Waals surface area contributed by atoms with E-state index >= 15 is 0 Å². The zero-order valence-electron chi connectivity index (χ0n) is 21.2. The van der Waals surface area contributed by atoms with Crippen LogP contribution in [0.25, 0.3) is 0 Å². The lowest BCUT2D eigenvalue weighted by atomic mass is 10.0. The Hall–Kier alpha value is -1.40. The summed E-state index contributed by atoms with van der Waals surface area (Å²) in [7, 11) is 0. The number of rotatable bonds is 21. The van der Waals surface area contributed by atoms with Gasteiger partial charge >= 0.3 is 6.03 Å². The van der Waals surface area contributed by atoms with Crippen molar-refractivity contribution in [3.63, 3.8) is 0 Å². The summed E-state index contributed by atoms with van der Waals surface area (Å²) in [6, 6.07) is 0.425. The van der Waals surface area contributed by atoms with Crippen LogP contribution in [-0.4, -0.2) is 100 Å². The number of thioether (sulfide) groups is 1. The molecule has 2 heterocycles. The topological polar surface area (TPSA) is 124 Å². The fourth-order valence-electron chi connectivity index (χ4n) is 3.85. The first-order valence-electron chi connectivity index (χ1n) is 12.8. The molecule has 0 aromatic carbocycles. The molecule has 3 N–H and O–H groups in total. The van der Waals surface area contributed by atoms with Crippen LogP contribution in [-0.2, 0) is 28.5 Å². The van der Waals surface area contributed by atoms with Crippen LogP contribution in [0.3, 0.4) is 0 Å². The van der Waals surface area contributed by atoms with Crippen LogP contribution in [0.15, 0.2) is 0 Å². The smallest absolute Gasteiger partial charge is 0.315 e. The molecule has 2 aliphatic heterocycles. The van der Waals surface area contributed by atoms with Gasteiger partial charge in [0.05, 0.1) is 64.9 Å². The quantitative estimate of drug-likeness (QED) is 0.155. The second-order valence-electron chi connectivity index (χ2n) is 9.04. The van der Waals surface area contributed by atoms with Crippen LogP contribution in [0.4, 0.5) is 4.79 Å². The first-order chi connectivity index (χ1) is 17.0. The molecule has 3 atom stereocenters. The Balaban J connectivity index is 1.27. The highest BCUT2D eigenvalue weighted by Crippen LogP contribution is 2.33. The van der Waals surface area contributed by atoms with Gasteiger partial charge in [-0.1, -0.05) is 20.3 Å². The van der Waals surface area contributed by atoms with Crippen molar-refractivity contribution in [2.45, 2.75) is 63.3 Å². The van der Waals surface area contributed by atoms with Gasteiger partial charge in [0, 0.05) is 36.3 Å². The number of carbonyl (C=O) groups excluding carboxylic acids is 3. The number of ether oxygens (including phenoxy) is 4. The fourth-order valence-corrected chi connectivity index (χ4v) is 5.39. The predicted molar refractivity (Wildman–Crippen MR) is 135 cm³/mol. The summed E-state index contributed by atoms with van der Waals surface area (Å²) >= 11 is 1.90. The minimum Gasteiger partial charge on any atom is -0.379 e. The van der Waals surface area contributed by atoms with E-state index in [9.17, 15) is 14.4 Å². The second-order valence-corrected chi connectivity index (χ2v) is 10.3. The van der Waals surface area contributed by atoms with Crippen molar-refractivity contribution in [1.29, 1.82) is 0 Å². The van der Waals surface area contributed by atoms with Gasteiger partial charge < -0.3 is 34.9 Å². The number of urea groups is 1. The Morgan fingerprint density at radius 2 is 1.54 bits per heavy atom. The molecule has 0 spiro atoms. The molecule has 2 saturated heterocycles. The third kappa shape index (κ3) is 12.9. The standard InChI is InChI=1S/C24H43N3O7S/c1-18(2)20(28)7-9-31-11-13-33-15-16-34-14-12-32-10-8-25-22(29)6-4-3-5-21-23-19(17-35-21)26-24(30)27-23/h18-19,21,23H,3-17H2,1-2H3,(H,25,29)(H2,26,27,30)/t19-,21-,23-/m1/s1. The van der Waals surface area contributed by atoms with Gasteiger partial charge in [0.2, 0.25) is 5.91 Å². The molecule has 0 unspecified atom stereocenters. The van der Waals surface area contributed by atoms with E-state index in [1.165, 1.54) is 0 Å². The third-order valence-corrected chi connectivity index (χ3v) is 7.41. The monoisotopic (exact) mass is 517 g/mol. The Morgan fingerprint density at radius 1 is 0.914 bits per heavy atom. The Kier molecular flexibility index (Phi) is 15.3. The summed E-state index contributed by atoms with van der Waals surface area (Å²) in [5.74, 6) is 1.28. The third-order valence-electron chi connectivity index (χ3n) is 5.90. The van der Waals surface area contributed by atoms with Gasteiger partial charge in [-0.2, -0.15) is 11.8 Å². The molecule has 3 amide bonds. The largest absolute Gasteiger partial charge is 0.379 e. The van der Waals surface area contributed by atoms with E-state index in [0.717, 1.165) is 25.0 Å². The Morgan fingerprint density at radius 3 is 2.20 bits per heavy atom. The van der Waals surface area contributed by atoms with E-state index in [4.69, 9.17) is 18.9 Å². The summed E-state index contributed by atoms with van der Waals surface area (Å²) in [5, 5.41) is 9.26. The van der Waals surface area contributed by atoms with Gasteiger partial charge in [0.25, 0.3) is 0 Å². The molecule has 2 rings (SSSR count). The van der Waals surface area contributed by atoms with Crippen molar-refractivity contribution < 1.29 is 33.3 Å². The molecular weight excluding hydrogens is 474 g/mol. The van der Waals surface area contributed by atoms with Crippen molar-refractivity contribution in [3.8, 4) is 0 Å². The molecule has 0 saturated carbocycles. The fraction of sp³-hybridized carbons (Fsp3) is 0.875. The number of fused-ring (bicyclic) bond motifs is 1. The summed E-state index contributed by atoms with van der Waals surface area (Å²) < 4.78 is 21.7. The van der Waals surface area contributed by atoms with Crippen molar-refractivity contribution in [2.75, 3.05) is 65.2 Å². The van der Waals surface area contributed by atoms with Crippen molar-refractivity contribution in [3.05, 3.63) is 0 Å². The van der Waals surface area contributed by atoms with E-state index in [1.54, 1.807) is 0 Å². The molecule has 0 radical (unpaired) electrons. The zero-order chi connectivity index (χ0) is 25.3. The molecule has 0 aromatic heterocycles. The summed E-state index contributed by atoms with van der Waals surface area (Å²) in [5.41, 5.74) is 0. The minimum atomic E-state index is -0.0576. The van der Waals surface area contributed by atoms with Gasteiger partial charge in [-0.05, 0) is 12.8 Å². The van der Waals surface area contributed by atoms with Crippen LogP contribution in [0, 0.1) is 5.92 Å². The minimum absolute atomic E-state index is 0.0466. The lowest BCUT2D eigenvalue weighted by molar-refractivity contribution is -0.123. The molecule has 0 aromatic rings. The van der Waals surface area contributed by atoms with Gasteiger partial charge in [-0.25, -0.2) is 4.79 Å². The van der Waals surface area contributed by atoms with Gasteiger partial charge in [-0.15, -0.1) is 0 Å². The van der Waals surface area contributed by atoms with Gasteiger partial charge in [0.1, 0.15) is 5.78 Å². The second kappa shape index (κ2) is 17.9. The maximum absolute atomic E-state index is 11.9. The average molecular weight is 518 g/mol. The number of Topliss-reactive ketones (excluding diaryl/α,β-unsaturated/α-hetero) is 1. The molecular formula is C24H43N3O7S. The first-order valence-corrected chi connectivity index (χ1v) is 13.8. The highest BCUT2D eigenvalue weighted by Gasteiger charge is 2.42. The van der Waals surface area contributed by atoms with Crippen molar-refractivity contribution in [2.24, 2.45) is 5.92 Å². The van der Waals surface area contributed by atoms with E-state index in [-0.39, 0.29) is 35.7 Å². The van der Waals surface area contributed by atoms with Crippen LogP contribution >= 0.6 is 11.8 Å². The van der Waals surface area contributed by atoms with Gasteiger partial charge in [0.15, 0.2) is 0 Å². The summed E-state index contributed by atoms with van der Waals surface area (Å²) in [6.45, 7) is 8.02. The molecule has 10 nitrogen and oxygen atoms in total. The van der Waals surface area contributed by atoms with Crippen LogP contribution in [0.2, 0.25) is 0 Å². The molecule has 11 heteroatoms. The van der Waals surface area contributed by atoms with Crippen molar-refractivity contribution >= 4 is 29.5 Å². The zero-order valence-corrected chi connectivity index (χ0v) is 22.0. The number of hydrogen-bond acceptors (Lipinski definition) is 8. The predicted octanol–water partition coefficient (Wildman–Crippen LogP) is 1.51. The lowest BCUT2D eigenvalue weighted by Gasteiger charge is -2.16. The number of amides is 3. The Labute approximate surface area is 213 Å². The number of ketones is 1. The van der Waals surface area contributed by atoms with Crippen molar-refractivity contribution in [1.82, 2.24) is 16.0 Å². The SMILES string of the molecule is CC(C)C(=O)CCOCCOCCOCCOCCNC(=O)CCCC[C@H]1SC[C@H]2NC(=O)N[C@H]21. The van der Waals surface area contributed by atoms with Crippen LogP contribution in [0.1, 0.15) is 46.0 Å². The highest BCUT2D eigenvalue weighted by atomic mass is 32.2. The molecule has 35 heavy (non-hydrogen) atoms. The highest BCUT2D eigenvalue weighted by molar-refractivity contribution is 8.00. The van der Waals surface area contributed by atoms with E-state index < -0.39 is 0 Å². The normalized spacial score (nSPS) is 21.1. The molecule has 2 aliphatic rings. The van der Waals surface area contributed by atoms with E-state index in [2.05, 4.69) is 16.0 Å². The van der Waals surface area contributed by atoms with Crippen LogP contribution < -0.4 is 16.0 Å². The lowest BCUT2D eigenvalue weighted by Crippen LogP contribution is -2.36. The number of nitrogens with one attached hydrogen (secondary N) is 3. The molecule has 202 valence electrons. The maximum Gasteiger partial charge on any atom is 0.315 e. The summed E-state index contributed by atoms with van der Waals surface area (Å²) in [4.78, 5) is 34.8. The number of hydrogen-bond donors (Lipinski definition) is 3. The molecule has 2 fully saturated rings.